The van der Waals surface area contributed by atoms with Gasteiger partial charge in [-0.05, 0) is 50.0 Å². The number of carbonyl (C=O) groups excluding carboxylic acids is 1. The van der Waals surface area contributed by atoms with Crippen molar-refractivity contribution in [2.75, 3.05) is 6.54 Å². The maximum Gasteiger partial charge on any atom is 0.252 e. The van der Waals surface area contributed by atoms with Crippen LogP contribution in [0.4, 0.5) is 0 Å². The van der Waals surface area contributed by atoms with Crippen LogP contribution in [0.1, 0.15) is 31.7 Å². The Balaban J connectivity index is 2.34. The van der Waals surface area contributed by atoms with Crippen molar-refractivity contribution >= 4 is 17.5 Å². The van der Waals surface area contributed by atoms with Gasteiger partial charge in [0.25, 0.3) is 5.91 Å². The van der Waals surface area contributed by atoms with E-state index in [1.807, 2.05) is 13.0 Å². The van der Waals surface area contributed by atoms with Crippen molar-refractivity contribution in [3.63, 3.8) is 0 Å². The first-order valence-electron chi connectivity index (χ1n) is 8.33. The fourth-order valence-corrected chi connectivity index (χ4v) is 2.09. The fraction of sp³-hybridized carbons (Fsp3) is 0.333. The van der Waals surface area contributed by atoms with Gasteiger partial charge in [-0.1, -0.05) is 17.4 Å². The van der Waals surface area contributed by atoms with E-state index < -0.39 is 0 Å². The molecule has 1 aromatic heterocycles. The quantitative estimate of drug-likeness (QED) is 0.185. The minimum absolute atomic E-state index is 0.0795. The minimum Gasteiger partial charge on any atom is -0.384 e. The molecule has 0 radical (unpaired) electrons. The summed E-state index contributed by atoms with van der Waals surface area (Å²) in [6, 6.07) is 3.56. The van der Waals surface area contributed by atoms with E-state index in [2.05, 4.69) is 15.2 Å². The number of amidine groups is 1. The summed E-state index contributed by atoms with van der Waals surface area (Å²) in [5.74, 6) is -0.272. The number of hydrogen-bond donors (Lipinski definition) is 3. The molecule has 1 rings (SSSR count). The molecule has 0 aromatic carbocycles. The Bertz CT molecular complexity index is 680. The normalized spacial score (nSPS) is 11.8. The van der Waals surface area contributed by atoms with Crippen LogP contribution in [-0.2, 0) is 11.2 Å². The van der Waals surface area contributed by atoms with Crippen LogP contribution in [0.3, 0.4) is 0 Å². The number of aliphatic imine (C=N–C) groups is 1. The van der Waals surface area contributed by atoms with Gasteiger partial charge < -0.3 is 11.1 Å². The maximum atomic E-state index is 11.8. The molecule has 1 amide bonds. The number of amides is 1. The van der Waals surface area contributed by atoms with Gasteiger partial charge >= 0.3 is 0 Å². The third-order valence-electron chi connectivity index (χ3n) is 3.32. The van der Waals surface area contributed by atoms with Crippen LogP contribution in [0.15, 0.2) is 59.2 Å². The highest BCUT2D eigenvalue weighted by Crippen LogP contribution is 2.02. The van der Waals surface area contributed by atoms with Gasteiger partial charge in [-0.2, -0.15) is 10.5 Å². The second-order valence-electron chi connectivity index (χ2n) is 5.53. The zero-order valence-electron chi connectivity index (χ0n) is 14.9. The molecule has 26 heavy (non-hydrogen) atoms. The molecule has 138 valence electrons. The number of allylic oxidation sites excluding steroid dienone is 2. The summed E-state index contributed by atoms with van der Waals surface area (Å²) in [6.45, 7) is 2.50. The predicted molar refractivity (Wildman–Crippen MR) is 102 cm³/mol. The summed E-state index contributed by atoms with van der Waals surface area (Å²) in [6.07, 6.45) is 12.2. The van der Waals surface area contributed by atoms with Crippen molar-refractivity contribution in [2.24, 2.45) is 15.9 Å². The first kappa shape index (κ1) is 20.9. The predicted octanol–water partition coefficient (Wildman–Crippen LogP) is 3.04. The van der Waals surface area contributed by atoms with Gasteiger partial charge in [0.15, 0.2) is 0 Å². The largest absolute Gasteiger partial charge is 0.384 e. The summed E-state index contributed by atoms with van der Waals surface area (Å²) < 4.78 is 0. The molecule has 0 fully saturated rings. The highest BCUT2D eigenvalue weighted by Gasteiger charge is 2.02. The Morgan fingerprint density at radius 2 is 2.19 bits per heavy atom. The smallest absolute Gasteiger partial charge is 0.252 e. The maximum absolute atomic E-state index is 11.8. The molecule has 1 heterocycles. The van der Waals surface area contributed by atoms with E-state index in [9.17, 15) is 4.79 Å². The third kappa shape index (κ3) is 9.21. The molecular formula is C18H25N7O. The van der Waals surface area contributed by atoms with Crippen LogP contribution < -0.4 is 5.73 Å². The number of rotatable bonds is 11. The molecule has 0 saturated heterocycles. The standard InChI is InChI=1S/C18H25N7O/c1-2-11-25(24-21)12-4-3-7-16(19)8-9-17(20)23-18(26)13-15-6-5-10-22-14-15/h2,5-6,8-11,14,19,21H,3-4,7,12-13H2,1H3,(H2,20,23,26)/b9-8-,11-2+,19-16?,24-21?. The number of nitrogens with zero attached hydrogens (tertiary/aromatic N) is 4. The van der Waals surface area contributed by atoms with Crippen molar-refractivity contribution in [3.8, 4) is 0 Å². The Hall–Kier alpha value is -3.16. The van der Waals surface area contributed by atoms with Crippen molar-refractivity contribution in [1.29, 1.82) is 10.9 Å². The topological polar surface area (TPSA) is 132 Å². The van der Waals surface area contributed by atoms with Gasteiger partial charge in [0.1, 0.15) is 5.84 Å². The summed E-state index contributed by atoms with van der Waals surface area (Å²) in [7, 11) is 0. The zero-order chi connectivity index (χ0) is 19.2. The molecule has 0 atom stereocenters. The Kier molecular flexibility index (Phi) is 9.83. The number of pyridine rings is 1. The van der Waals surface area contributed by atoms with Crippen LogP contribution in [-0.4, -0.2) is 34.0 Å². The van der Waals surface area contributed by atoms with Crippen molar-refractivity contribution in [3.05, 3.63) is 54.5 Å². The molecule has 0 unspecified atom stereocenters. The van der Waals surface area contributed by atoms with E-state index in [1.165, 1.54) is 11.1 Å². The van der Waals surface area contributed by atoms with Crippen LogP contribution in [0.5, 0.6) is 0 Å². The first-order valence-corrected chi connectivity index (χ1v) is 8.33. The van der Waals surface area contributed by atoms with E-state index in [-0.39, 0.29) is 18.2 Å². The first-order chi connectivity index (χ1) is 12.5. The van der Waals surface area contributed by atoms with Crippen molar-refractivity contribution in [2.45, 2.75) is 32.6 Å². The average Bonchev–Trinajstić information content (AvgIpc) is 2.63. The molecule has 8 nitrogen and oxygen atoms in total. The number of unbranched alkanes of at least 4 members (excludes halogenated alkanes) is 1. The molecule has 0 aliphatic heterocycles. The van der Waals surface area contributed by atoms with Gasteiger partial charge in [0.05, 0.1) is 6.42 Å². The summed E-state index contributed by atoms with van der Waals surface area (Å²) in [4.78, 5) is 19.5. The van der Waals surface area contributed by atoms with Gasteiger partial charge in [-0.15, -0.1) is 0 Å². The summed E-state index contributed by atoms with van der Waals surface area (Å²) >= 11 is 0. The Morgan fingerprint density at radius 3 is 2.85 bits per heavy atom. The molecular weight excluding hydrogens is 330 g/mol. The Labute approximate surface area is 153 Å². The second kappa shape index (κ2) is 12.2. The lowest BCUT2D eigenvalue weighted by molar-refractivity contribution is -0.117. The zero-order valence-corrected chi connectivity index (χ0v) is 14.9. The molecule has 0 spiro atoms. The number of aromatic nitrogens is 1. The average molecular weight is 355 g/mol. The highest BCUT2D eigenvalue weighted by molar-refractivity contribution is 6.04. The van der Waals surface area contributed by atoms with Crippen molar-refractivity contribution < 1.29 is 4.79 Å². The lowest BCUT2D eigenvalue weighted by Crippen LogP contribution is -2.13. The van der Waals surface area contributed by atoms with E-state index in [4.69, 9.17) is 16.7 Å². The van der Waals surface area contributed by atoms with Gasteiger partial charge in [0.2, 0.25) is 0 Å². The van der Waals surface area contributed by atoms with Gasteiger partial charge in [-0.25, -0.2) is 0 Å². The number of nitrogens with one attached hydrogen (secondary N) is 2. The molecule has 1 aromatic rings. The molecule has 0 saturated carbocycles. The van der Waals surface area contributed by atoms with Crippen LogP contribution in [0, 0.1) is 10.9 Å². The molecule has 0 bridgehead atoms. The Morgan fingerprint density at radius 1 is 1.38 bits per heavy atom. The lowest BCUT2D eigenvalue weighted by Gasteiger charge is -2.10. The summed E-state index contributed by atoms with van der Waals surface area (Å²) in [5.41, 5.74) is 13.9. The van der Waals surface area contributed by atoms with E-state index >= 15 is 0 Å². The fourth-order valence-electron chi connectivity index (χ4n) is 2.09. The lowest BCUT2D eigenvalue weighted by atomic mass is 10.1. The third-order valence-corrected chi connectivity index (χ3v) is 3.32. The molecule has 0 aliphatic carbocycles. The monoisotopic (exact) mass is 355 g/mol. The van der Waals surface area contributed by atoms with E-state index in [1.54, 1.807) is 36.8 Å². The molecule has 4 N–H and O–H groups in total. The summed E-state index contributed by atoms with van der Waals surface area (Å²) in [5, 5.41) is 12.8. The minimum atomic E-state index is -0.352. The van der Waals surface area contributed by atoms with E-state index in [0.29, 0.717) is 18.7 Å². The second-order valence-corrected chi connectivity index (χ2v) is 5.53. The number of hydrogen-bond acceptors (Lipinski definition) is 5. The van der Waals surface area contributed by atoms with Crippen LogP contribution >= 0.6 is 0 Å². The van der Waals surface area contributed by atoms with Gasteiger partial charge in [-0.3, -0.25) is 14.8 Å². The molecule has 8 heteroatoms. The highest BCUT2D eigenvalue weighted by atomic mass is 16.1. The van der Waals surface area contributed by atoms with Crippen LogP contribution in [0.25, 0.3) is 0 Å². The van der Waals surface area contributed by atoms with Gasteiger partial charge in [0, 0.05) is 30.9 Å². The molecule has 0 aliphatic rings. The van der Waals surface area contributed by atoms with Crippen molar-refractivity contribution in [1.82, 2.24) is 9.99 Å². The van der Waals surface area contributed by atoms with Crippen LogP contribution in [0.2, 0.25) is 0 Å². The van der Waals surface area contributed by atoms with E-state index in [0.717, 1.165) is 18.4 Å². The SMILES string of the molecule is C/C=C/N(CCCCC(=N)/C=C\C(N)=NC(=O)Cc1cccnc1)N=N. The number of nitrogens with two attached hydrogens (primary N) is 1. The number of carbonyl (C=O) groups is 1.